The van der Waals surface area contributed by atoms with Crippen LogP contribution in [0, 0.1) is 0 Å². The maximum absolute atomic E-state index is 6.50. The lowest BCUT2D eigenvalue weighted by atomic mass is 9.96. The molecule has 0 bridgehead atoms. The number of fused-ring (bicyclic) bond motifs is 7. The predicted octanol–water partition coefficient (Wildman–Crippen LogP) is 14.4. The quantitative estimate of drug-likeness (QED) is 0.169. The van der Waals surface area contributed by atoms with Crippen LogP contribution in [-0.2, 0) is 0 Å². The van der Waals surface area contributed by atoms with E-state index < -0.39 is 0 Å². The average molecular weight is 767 g/mol. The van der Waals surface area contributed by atoms with Gasteiger partial charge < -0.3 is 8.98 Å². The highest BCUT2D eigenvalue weighted by atomic mass is 16.3. The first-order valence-electron chi connectivity index (χ1n) is 20.2. The first-order valence-corrected chi connectivity index (χ1v) is 20.2. The van der Waals surface area contributed by atoms with E-state index in [9.17, 15) is 0 Å². The predicted molar refractivity (Wildman–Crippen MR) is 246 cm³/mol. The molecule has 0 N–H and O–H groups in total. The van der Waals surface area contributed by atoms with E-state index in [-0.39, 0.29) is 0 Å². The van der Waals surface area contributed by atoms with Crippen LogP contribution in [0.25, 0.3) is 117 Å². The Morgan fingerprint density at radius 1 is 0.333 bits per heavy atom. The summed E-state index contributed by atoms with van der Waals surface area (Å²) in [5.74, 6) is 1.72. The van der Waals surface area contributed by atoms with Gasteiger partial charge in [0.05, 0.1) is 22.3 Å². The minimum atomic E-state index is 0.550. The van der Waals surface area contributed by atoms with E-state index in [0.717, 1.165) is 77.6 Å². The summed E-state index contributed by atoms with van der Waals surface area (Å²) in [5, 5.41) is 6.92. The van der Waals surface area contributed by atoms with E-state index in [4.69, 9.17) is 19.4 Å². The molecule has 3 aromatic heterocycles. The van der Waals surface area contributed by atoms with Crippen LogP contribution < -0.4 is 0 Å². The van der Waals surface area contributed by atoms with Crippen LogP contribution in [0.5, 0.6) is 0 Å². The van der Waals surface area contributed by atoms with E-state index in [1.165, 1.54) is 21.5 Å². The van der Waals surface area contributed by atoms with Gasteiger partial charge in [-0.2, -0.15) is 0 Å². The summed E-state index contributed by atoms with van der Waals surface area (Å²) < 4.78 is 8.92. The van der Waals surface area contributed by atoms with Gasteiger partial charge in [-0.1, -0.05) is 152 Å². The SMILES string of the molecule is c1ccc(-c2cccc(-c3cc(-c4nc(-c5ccccc5)nc(-c5cccc6c5oc5ccccc56)n4)ccc3-n3c4ccccc4c4cc5ccccc5cc43)c2)cc1. The van der Waals surface area contributed by atoms with Crippen molar-refractivity contribution in [3.05, 3.63) is 206 Å². The highest BCUT2D eigenvalue weighted by molar-refractivity contribution is 6.14. The zero-order valence-electron chi connectivity index (χ0n) is 32.3. The van der Waals surface area contributed by atoms with E-state index in [1.807, 2.05) is 60.7 Å². The Bertz CT molecular complexity index is 3610. The van der Waals surface area contributed by atoms with Crippen LogP contribution in [0.2, 0.25) is 0 Å². The van der Waals surface area contributed by atoms with Crippen molar-refractivity contribution in [3.63, 3.8) is 0 Å². The molecule has 3 heterocycles. The summed E-state index contributed by atoms with van der Waals surface area (Å²) in [6.07, 6.45) is 0. The van der Waals surface area contributed by atoms with Crippen molar-refractivity contribution in [2.45, 2.75) is 0 Å². The Kier molecular flexibility index (Phi) is 7.78. The van der Waals surface area contributed by atoms with Gasteiger partial charge in [-0.3, -0.25) is 0 Å². The molecule has 0 aliphatic heterocycles. The largest absolute Gasteiger partial charge is 0.455 e. The van der Waals surface area contributed by atoms with Crippen LogP contribution in [0.3, 0.4) is 0 Å². The van der Waals surface area contributed by atoms with Crippen molar-refractivity contribution in [1.82, 2.24) is 19.5 Å². The Labute approximate surface area is 345 Å². The molecule has 0 saturated heterocycles. The Hall–Kier alpha value is -8.15. The molecule has 0 fully saturated rings. The van der Waals surface area contributed by atoms with Crippen LogP contribution >= 0.6 is 0 Å². The fourth-order valence-corrected chi connectivity index (χ4v) is 8.78. The first-order chi connectivity index (χ1) is 29.7. The maximum Gasteiger partial charge on any atom is 0.167 e. The number of rotatable bonds is 6. The van der Waals surface area contributed by atoms with Gasteiger partial charge in [-0.15, -0.1) is 0 Å². The lowest BCUT2D eigenvalue weighted by molar-refractivity contribution is 0.669. The third-order valence-electron chi connectivity index (χ3n) is 11.6. The molecular formula is C55H34N4O. The van der Waals surface area contributed by atoms with Gasteiger partial charge in [0, 0.05) is 38.2 Å². The molecule has 0 aliphatic carbocycles. The smallest absolute Gasteiger partial charge is 0.167 e. The second-order valence-electron chi connectivity index (χ2n) is 15.2. The lowest BCUT2D eigenvalue weighted by Crippen LogP contribution is -2.02. The van der Waals surface area contributed by atoms with E-state index in [0.29, 0.717) is 17.5 Å². The van der Waals surface area contributed by atoms with Crippen molar-refractivity contribution in [1.29, 1.82) is 0 Å². The normalized spacial score (nSPS) is 11.7. The van der Waals surface area contributed by atoms with Crippen LogP contribution in [-0.4, -0.2) is 19.5 Å². The summed E-state index contributed by atoms with van der Waals surface area (Å²) in [6, 6.07) is 72.4. The highest BCUT2D eigenvalue weighted by Gasteiger charge is 2.21. The number of nitrogens with zero attached hydrogens (tertiary/aromatic N) is 4. The molecule has 12 rings (SSSR count). The Morgan fingerprint density at radius 3 is 1.78 bits per heavy atom. The maximum atomic E-state index is 6.50. The molecule has 0 unspecified atom stereocenters. The number of hydrogen-bond acceptors (Lipinski definition) is 4. The molecule has 280 valence electrons. The molecule has 0 saturated carbocycles. The monoisotopic (exact) mass is 766 g/mol. The summed E-state index contributed by atoms with van der Waals surface area (Å²) in [7, 11) is 0. The number of furan rings is 1. The molecule has 12 aromatic rings. The standard InChI is InChI=1S/C55H34N4O/c1-3-15-35(16-4-1)37-21-13-22-40(31-37)46-33-41(29-30-49(46)59-48-27-11-9-23-42(48)47-32-38-19-7-8-20-39(38)34-50(47)59)54-56-53(36-17-5-2-6-18-36)57-55(58-54)45-26-14-25-44-43-24-10-12-28-51(43)60-52(44)45/h1-34H. The van der Waals surface area contributed by atoms with Gasteiger partial charge >= 0.3 is 0 Å². The lowest BCUT2D eigenvalue weighted by Gasteiger charge is -2.17. The molecule has 5 nitrogen and oxygen atoms in total. The topological polar surface area (TPSA) is 56.7 Å². The van der Waals surface area contributed by atoms with Crippen molar-refractivity contribution >= 4 is 54.5 Å². The molecule has 0 spiro atoms. The molecule has 0 atom stereocenters. The molecule has 0 amide bonds. The minimum Gasteiger partial charge on any atom is -0.455 e. The van der Waals surface area contributed by atoms with Crippen LogP contribution in [0.1, 0.15) is 0 Å². The fraction of sp³-hybridized carbons (Fsp3) is 0. The van der Waals surface area contributed by atoms with E-state index in [2.05, 4.69) is 150 Å². The minimum absolute atomic E-state index is 0.550. The summed E-state index contributed by atoms with van der Waals surface area (Å²) >= 11 is 0. The highest BCUT2D eigenvalue weighted by Crippen LogP contribution is 2.41. The Morgan fingerprint density at radius 2 is 0.950 bits per heavy atom. The second kappa shape index (κ2) is 13.8. The number of para-hydroxylation sites is 3. The molecular weight excluding hydrogens is 733 g/mol. The third kappa shape index (κ3) is 5.59. The summed E-state index contributed by atoms with van der Waals surface area (Å²) in [4.78, 5) is 15.6. The number of aromatic nitrogens is 4. The molecule has 9 aromatic carbocycles. The van der Waals surface area contributed by atoms with Crippen LogP contribution in [0.4, 0.5) is 0 Å². The van der Waals surface area contributed by atoms with Gasteiger partial charge in [-0.25, -0.2) is 15.0 Å². The van der Waals surface area contributed by atoms with Crippen molar-refractivity contribution in [2.75, 3.05) is 0 Å². The van der Waals surface area contributed by atoms with Crippen molar-refractivity contribution < 1.29 is 4.42 Å². The van der Waals surface area contributed by atoms with Gasteiger partial charge in [0.2, 0.25) is 0 Å². The number of hydrogen-bond donors (Lipinski definition) is 0. The summed E-state index contributed by atoms with van der Waals surface area (Å²) in [5.41, 5.74) is 12.0. The van der Waals surface area contributed by atoms with Gasteiger partial charge in [0.15, 0.2) is 17.5 Å². The van der Waals surface area contributed by atoms with Crippen molar-refractivity contribution in [3.8, 4) is 62.1 Å². The zero-order valence-corrected chi connectivity index (χ0v) is 32.3. The molecule has 60 heavy (non-hydrogen) atoms. The van der Waals surface area contributed by atoms with E-state index >= 15 is 0 Å². The van der Waals surface area contributed by atoms with Crippen LogP contribution in [0.15, 0.2) is 211 Å². The van der Waals surface area contributed by atoms with Gasteiger partial charge in [0.25, 0.3) is 0 Å². The zero-order chi connectivity index (χ0) is 39.6. The second-order valence-corrected chi connectivity index (χ2v) is 15.2. The molecule has 5 heteroatoms. The van der Waals surface area contributed by atoms with Crippen molar-refractivity contribution in [2.24, 2.45) is 0 Å². The first kappa shape index (κ1) is 33.9. The summed E-state index contributed by atoms with van der Waals surface area (Å²) in [6.45, 7) is 0. The molecule has 0 radical (unpaired) electrons. The fourth-order valence-electron chi connectivity index (χ4n) is 8.78. The van der Waals surface area contributed by atoms with Gasteiger partial charge in [0.1, 0.15) is 11.2 Å². The average Bonchev–Trinajstić information content (AvgIpc) is 3.86. The Balaban J connectivity index is 1.12. The number of benzene rings is 9. The third-order valence-corrected chi connectivity index (χ3v) is 11.6. The molecule has 0 aliphatic rings. The van der Waals surface area contributed by atoms with E-state index in [1.54, 1.807) is 0 Å². The van der Waals surface area contributed by atoms with Gasteiger partial charge in [-0.05, 0) is 82.1 Å².